The molecule has 69 valence electrons. The van der Waals surface area contributed by atoms with Gasteiger partial charge in [-0.05, 0) is 13.0 Å². The molecular formula is C10H23KN. The van der Waals surface area contributed by atoms with E-state index in [0.717, 1.165) is 6.54 Å². The molecule has 0 atom stereocenters. The van der Waals surface area contributed by atoms with Crippen LogP contribution in [0.4, 0.5) is 0 Å². The largest absolute Gasteiger partial charge is 0.330 e. The minimum atomic E-state index is 0. The Kier molecular flexibility index (Phi) is 20.2. The van der Waals surface area contributed by atoms with Gasteiger partial charge in [-0.25, -0.2) is 0 Å². The van der Waals surface area contributed by atoms with Crippen LogP contribution in [0.1, 0.15) is 58.3 Å². The number of nitrogens with two attached hydrogens (primary N) is 1. The molecule has 0 saturated carbocycles. The molecule has 0 rings (SSSR count). The van der Waals surface area contributed by atoms with Crippen LogP contribution in [-0.4, -0.2) is 57.9 Å². The summed E-state index contributed by atoms with van der Waals surface area (Å²) in [5, 5.41) is 0. The van der Waals surface area contributed by atoms with E-state index >= 15 is 0 Å². The summed E-state index contributed by atoms with van der Waals surface area (Å²) in [7, 11) is 0. The first-order chi connectivity index (χ1) is 5.41. The molecule has 12 heavy (non-hydrogen) atoms. The van der Waals surface area contributed by atoms with Gasteiger partial charge in [0.05, 0.1) is 0 Å². The van der Waals surface area contributed by atoms with Gasteiger partial charge in [0.2, 0.25) is 0 Å². The molecule has 0 aliphatic heterocycles. The van der Waals surface area contributed by atoms with E-state index in [9.17, 15) is 0 Å². The number of hydrogen-bond acceptors (Lipinski definition) is 1. The first kappa shape index (κ1) is 16.0. The van der Waals surface area contributed by atoms with Gasteiger partial charge in [0.15, 0.2) is 0 Å². The van der Waals surface area contributed by atoms with Crippen LogP contribution in [0.3, 0.4) is 0 Å². The molecular weight excluding hydrogens is 173 g/mol. The van der Waals surface area contributed by atoms with E-state index in [1.165, 1.54) is 51.4 Å². The zero-order valence-corrected chi connectivity index (χ0v) is 12.1. The normalized spacial score (nSPS) is 9.50. The Balaban J connectivity index is 0. The Hall–Kier alpha value is 1.60. The van der Waals surface area contributed by atoms with E-state index in [1.54, 1.807) is 0 Å². The summed E-state index contributed by atoms with van der Waals surface area (Å²) >= 11 is 0. The standard InChI is InChI=1S/C10H23N.K/c1-2-3-4-5-6-7-8-9-10-11;/h2-11H2,1H3;. The van der Waals surface area contributed by atoms with Crippen molar-refractivity contribution < 1.29 is 0 Å². The van der Waals surface area contributed by atoms with Crippen LogP contribution in [0, 0.1) is 0 Å². The summed E-state index contributed by atoms with van der Waals surface area (Å²) < 4.78 is 0. The van der Waals surface area contributed by atoms with E-state index in [4.69, 9.17) is 5.73 Å². The quantitative estimate of drug-likeness (QED) is 0.469. The van der Waals surface area contributed by atoms with Crippen molar-refractivity contribution in [3.63, 3.8) is 0 Å². The van der Waals surface area contributed by atoms with E-state index in [1.807, 2.05) is 0 Å². The van der Waals surface area contributed by atoms with Gasteiger partial charge >= 0.3 is 0 Å². The van der Waals surface area contributed by atoms with Crippen molar-refractivity contribution >= 4 is 51.4 Å². The van der Waals surface area contributed by atoms with Gasteiger partial charge in [-0.15, -0.1) is 0 Å². The Labute approximate surface area is 120 Å². The summed E-state index contributed by atoms with van der Waals surface area (Å²) in [6.07, 6.45) is 11.0. The summed E-state index contributed by atoms with van der Waals surface area (Å²) in [6, 6.07) is 0. The van der Waals surface area contributed by atoms with Gasteiger partial charge in [-0.1, -0.05) is 51.9 Å². The molecule has 1 nitrogen and oxygen atoms in total. The van der Waals surface area contributed by atoms with Gasteiger partial charge in [-0.3, -0.25) is 0 Å². The molecule has 2 heteroatoms. The predicted molar refractivity (Wildman–Crippen MR) is 57.4 cm³/mol. The van der Waals surface area contributed by atoms with Gasteiger partial charge in [0, 0.05) is 51.4 Å². The summed E-state index contributed by atoms with van der Waals surface area (Å²) in [5.41, 5.74) is 5.39. The number of rotatable bonds is 8. The molecule has 0 heterocycles. The topological polar surface area (TPSA) is 26.0 Å². The van der Waals surface area contributed by atoms with Crippen molar-refractivity contribution in [3.05, 3.63) is 0 Å². The molecule has 0 spiro atoms. The molecule has 0 aromatic heterocycles. The van der Waals surface area contributed by atoms with Crippen molar-refractivity contribution in [2.45, 2.75) is 58.3 Å². The zero-order chi connectivity index (χ0) is 8.36. The van der Waals surface area contributed by atoms with Gasteiger partial charge in [-0.2, -0.15) is 0 Å². The van der Waals surface area contributed by atoms with Crippen LogP contribution >= 0.6 is 0 Å². The molecule has 0 aromatic carbocycles. The van der Waals surface area contributed by atoms with Crippen LogP contribution in [-0.2, 0) is 0 Å². The first-order valence-corrected chi connectivity index (χ1v) is 5.12. The minimum Gasteiger partial charge on any atom is -0.330 e. The van der Waals surface area contributed by atoms with Gasteiger partial charge in [0.25, 0.3) is 0 Å². The molecule has 1 radical (unpaired) electrons. The summed E-state index contributed by atoms with van der Waals surface area (Å²) in [6.45, 7) is 3.13. The third-order valence-electron chi connectivity index (χ3n) is 2.06. The van der Waals surface area contributed by atoms with E-state index in [2.05, 4.69) is 6.92 Å². The average Bonchev–Trinajstić information content (AvgIpc) is 2.03. The minimum absolute atomic E-state index is 0. The van der Waals surface area contributed by atoms with Crippen molar-refractivity contribution in [1.82, 2.24) is 0 Å². The smallest absolute Gasteiger partial charge is 0 e. The third kappa shape index (κ3) is 14.1. The number of hydrogen-bond donors (Lipinski definition) is 1. The summed E-state index contributed by atoms with van der Waals surface area (Å²) in [5.74, 6) is 0. The Morgan fingerprint density at radius 2 is 1.17 bits per heavy atom. The van der Waals surface area contributed by atoms with Crippen LogP contribution in [0.2, 0.25) is 0 Å². The molecule has 0 fully saturated rings. The van der Waals surface area contributed by atoms with E-state index < -0.39 is 0 Å². The van der Waals surface area contributed by atoms with E-state index in [0.29, 0.717) is 0 Å². The molecule has 2 N–H and O–H groups in total. The SMILES string of the molecule is CCCCCCCCCCN.[K]. The first-order valence-electron chi connectivity index (χ1n) is 5.12. The van der Waals surface area contributed by atoms with Crippen LogP contribution < -0.4 is 5.73 Å². The fraction of sp³-hybridized carbons (Fsp3) is 1.00. The number of unbranched alkanes of at least 4 members (excludes halogenated alkanes) is 7. The second-order valence-electron chi connectivity index (χ2n) is 3.26. The van der Waals surface area contributed by atoms with Crippen molar-refractivity contribution in [2.75, 3.05) is 6.54 Å². The van der Waals surface area contributed by atoms with E-state index in [-0.39, 0.29) is 51.4 Å². The third-order valence-corrected chi connectivity index (χ3v) is 2.06. The Morgan fingerprint density at radius 1 is 0.750 bits per heavy atom. The van der Waals surface area contributed by atoms with Crippen molar-refractivity contribution in [3.8, 4) is 0 Å². The van der Waals surface area contributed by atoms with Gasteiger partial charge in [0.1, 0.15) is 0 Å². The Bertz CT molecular complexity index is 58.9. The van der Waals surface area contributed by atoms with Crippen LogP contribution in [0.25, 0.3) is 0 Å². The summed E-state index contributed by atoms with van der Waals surface area (Å²) in [4.78, 5) is 0. The maximum absolute atomic E-state index is 5.39. The zero-order valence-electron chi connectivity index (χ0n) is 8.94. The Morgan fingerprint density at radius 3 is 1.58 bits per heavy atom. The second kappa shape index (κ2) is 15.1. The van der Waals surface area contributed by atoms with Crippen LogP contribution in [0.5, 0.6) is 0 Å². The maximum Gasteiger partial charge on any atom is 0 e. The van der Waals surface area contributed by atoms with Crippen LogP contribution in [0.15, 0.2) is 0 Å². The maximum atomic E-state index is 5.39. The predicted octanol–water partition coefficient (Wildman–Crippen LogP) is 2.71. The second-order valence-corrected chi connectivity index (χ2v) is 3.26. The van der Waals surface area contributed by atoms with Gasteiger partial charge < -0.3 is 5.73 Å². The fourth-order valence-corrected chi connectivity index (χ4v) is 1.28. The van der Waals surface area contributed by atoms with Crippen molar-refractivity contribution in [2.24, 2.45) is 5.73 Å². The molecule has 0 aromatic rings. The monoisotopic (exact) mass is 196 g/mol. The van der Waals surface area contributed by atoms with Crippen molar-refractivity contribution in [1.29, 1.82) is 0 Å². The molecule has 0 unspecified atom stereocenters. The molecule has 0 amide bonds. The average molecular weight is 196 g/mol. The molecule has 0 aliphatic carbocycles. The molecule has 0 aliphatic rings. The molecule has 0 saturated heterocycles. The molecule has 0 bridgehead atoms. The fourth-order valence-electron chi connectivity index (χ4n) is 1.28.